The topological polar surface area (TPSA) is 91.2 Å². The van der Waals surface area contributed by atoms with Crippen LogP contribution < -0.4 is 34.4 Å². The van der Waals surface area contributed by atoms with Crippen LogP contribution in [0.4, 0.5) is 5.69 Å². The van der Waals surface area contributed by atoms with Crippen molar-refractivity contribution in [3.63, 3.8) is 0 Å². The number of amides is 1. The fourth-order valence-corrected chi connectivity index (χ4v) is 5.68. The number of nitrogens with zero attached hydrogens (tertiary/aromatic N) is 2. The summed E-state index contributed by atoms with van der Waals surface area (Å²) in [6.07, 6.45) is 1.80. The van der Waals surface area contributed by atoms with E-state index < -0.39 is 6.04 Å². The maximum atomic E-state index is 13.9. The molecule has 0 bridgehead atoms. The van der Waals surface area contributed by atoms with Gasteiger partial charge < -0.3 is 19.5 Å². The lowest BCUT2D eigenvalue weighted by Gasteiger charge is -2.25. The molecule has 4 aromatic rings. The Hall–Kier alpha value is -4.63. The Kier molecular flexibility index (Phi) is 7.84. The third-order valence-corrected chi connectivity index (χ3v) is 7.50. The van der Waals surface area contributed by atoms with Crippen molar-refractivity contribution in [3.05, 3.63) is 115 Å². The highest BCUT2D eigenvalue weighted by atomic mass is 32.1. The number of hydrogen-bond donors (Lipinski definition) is 1. The first-order chi connectivity index (χ1) is 19.4. The summed E-state index contributed by atoms with van der Waals surface area (Å²) in [6, 6.07) is 21.4. The summed E-state index contributed by atoms with van der Waals surface area (Å²) in [4.78, 5) is 32.8. The van der Waals surface area contributed by atoms with Gasteiger partial charge in [0.25, 0.3) is 11.5 Å². The van der Waals surface area contributed by atoms with Gasteiger partial charge in [-0.25, -0.2) is 4.99 Å². The van der Waals surface area contributed by atoms with E-state index in [0.29, 0.717) is 50.1 Å². The van der Waals surface area contributed by atoms with Crippen molar-refractivity contribution in [1.29, 1.82) is 0 Å². The molecule has 0 aliphatic carbocycles. The molecule has 1 aliphatic rings. The number of thiazole rings is 1. The summed E-state index contributed by atoms with van der Waals surface area (Å²) in [5, 5.41) is 2.96. The molecule has 40 heavy (non-hydrogen) atoms. The SMILES string of the molecule is CCOc1ccc(/C=c2/sc3n(c2=O)[C@H](c2ccc(OC)cc2)C(C(=O)Nc2ccccc2)=C(C)N=3)cc1OC. The van der Waals surface area contributed by atoms with Gasteiger partial charge in [0.1, 0.15) is 5.75 Å². The number of carbonyl (C=O) groups excluding carboxylic acids is 1. The molecular weight excluding hydrogens is 526 g/mol. The van der Waals surface area contributed by atoms with E-state index in [1.807, 2.05) is 79.7 Å². The minimum Gasteiger partial charge on any atom is -0.497 e. The molecule has 0 unspecified atom stereocenters. The normalized spacial score (nSPS) is 14.8. The van der Waals surface area contributed by atoms with Gasteiger partial charge in [0.15, 0.2) is 16.3 Å². The van der Waals surface area contributed by atoms with Crippen molar-refractivity contribution in [2.45, 2.75) is 19.9 Å². The predicted molar refractivity (Wildman–Crippen MR) is 156 cm³/mol. The second kappa shape index (κ2) is 11.6. The van der Waals surface area contributed by atoms with E-state index in [1.54, 1.807) is 31.8 Å². The van der Waals surface area contributed by atoms with Crippen LogP contribution >= 0.6 is 11.3 Å². The van der Waals surface area contributed by atoms with Crippen LogP contribution in [0.3, 0.4) is 0 Å². The van der Waals surface area contributed by atoms with E-state index in [1.165, 1.54) is 11.3 Å². The van der Waals surface area contributed by atoms with E-state index >= 15 is 0 Å². The highest BCUT2D eigenvalue weighted by Crippen LogP contribution is 2.32. The number of para-hydroxylation sites is 1. The van der Waals surface area contributed by atoms with Gasteiger partial charge in [-0.1, -0.05) is 47.7 Å². The lowest BCUT2D eigenvalue weighted by Crippen LogP contribution is -2.40. The Morgan fingerprint density at radius 1 is 1.02 bits per heavy atom. The fourth-order valence-electron chi connectivity index (χ4n) is 4.63. The fraction of sp³-hybridized carbons (Fsp3) is 0.194. The molecule has 1 atom stereocenters. The van der Waals surface area contributed by atoms with Crippen molar-refractivity contribution >= 4 is 29.0 Å². The van der Waals surface area contributed by atoms with E-state index in [0.717, 1.165) is 11.1 Å². The van der Waals surface area contributed by atoms with Gasteiger partial charge in [-0.2, -0.15) is 0 Å². The molecule has 8 nitrogen and oxygen atoms in total. The third kappa shape index (κ3) is 5.28. The van der Waals surface area contributed by atoms with E-state index in [4.69, 9.17) is 19.2 Å². The largest absolute Gasteiger partial charge is 0.497 e. The quantitative estimate of drug-likeness (QED) is 0.350. The highest BCUT2D eigenvalue weighted by molar-refractivity contribution is 7.07. The minimum absolute atomic E-state index is 0.241. The first-order valence-corrected chi connectivity index (χ1v) is 13.6. The molecule has 3 aromatic carbocycles. The van der Waals surface area contributed by atoms with Crippen molar-refractivity contribution in [2.24, 2.45) is 4.99 Å². The molecule has 0 saturated heterocycles. The van der Waals surface area contributed by atoms with Crippen LogP contribution in [0.1, 0.15) is 31.0 Å². The monoisotopic (exact) mass is 555 g/mol. The average molecular weight is 556 g/mol. The second-order valence-electron chi connectivity index (χ2n) is 9.02. The van der Waals surface area contributed by atoms with Crippen LogP contribution in [0.25, 0.3) is 6.08 Å². The molecule has 1 amide bonds. The van der Waals surface area contributed by atoms with Crippen molar-refractivity contribution in [1.82, 2.24) is 4.57 Å². The van der Waals surface area contributed by atoms with Crippen LogP contribution in [0.2, 0.25) is 0 Å². The van der Waals surface area contributed by atoms with Gasteiger partial charge in [0, 0.05) is 5.69 Å². The Balaban J connectivity index is 1.64. The zero-order valence-electron chi connectivity index (χ0n) is 22.6. The lowest BCUT2D eigenvalue weighted by molar-refractivity contribution is -0.113. The number of benzene rings is 3. The van der Waals surface area contributed by atoms with Crippen LogP contribution in [-0.4, -0.2) is 31.3 Å². The van der Waals surface area contributed by atoms with Gasteiger partial charge in [-0.15, -0.1) is 0 Å². The van der Waals surface area contributed by atoms with Gasteiger partial charge >= 0.3 is 0 Å². The Labute approximate surface area is 235 Å². The molecule has 204 valence electrons. The number of allylic oxidation sites excluding steroid dienone is 1. The lowest BCUT2D eigenvalue weighted by atomic mass is 9.95. The molecule has 2 heterocycles. The average Bonchev–Trinajstić information content (AvgIpc) is 3.27. The van der Waals surface area contributed by atoms with Crippen molar-refractivity contribution in [3.8, 4) is 17.2 Å². The maximum absolute atomic E-state index is 13.9. The molecule has 0 spiro atoms. The second-order valence-corrected chi connectivity index (χ2v) is 10.0. The molecule has 5 rings (SSSR count). The van der Waals surface area contributed by atoms with Crippen LogP contribution in [-0.2, 0) is 4.79 Å². The summed E-state index contributed by atoms with van der Waals surface area (Å²) in [6.45, 7) is 4.22. The zero-order valence-corrected chi connectivity index (χ0v) is 23.5. The molecule has 1 N–H and O–H groups in total. The number of aromatic nitrogens is 1. The standard InChI is InChI=1S/C31H29N3O5S/c1-5-39-24-16-11-20(17-25(24)38-4)18-26-30(36)34-28(21-12-14-23(37-3)15-13-21)27(19(2)32-31(34)40-26)29(35)33-22-9-7-6-8-10-22/h6-18,28H,5H2,1-4H3,(H,33,35)/b26-18+/t28-/m1/s1. The first kappa shape index (κ1) is 27.0. The molecule has 0 radical (unpaired) electrons. The van der Waals surface area contributed by atoms with E-state index in [9.17, 15) is 9.59 Å². The Morgan fingerprint density at radius 2 is 1.77 bits per heavy atom. The summed E-state index contributed by atoms with van der Waals surface area (Å²) in [5.41, 5.74) is 2.91. The summed E-state index contributed by atoms with van der Waals surface area (Å²) >= 11 is 1.28. The Morgan fingerprint density at radius 3 is 2.45 bits per heavy atom. The van der Waals surface area contributed by atoms with Gasteiger partial charge in [0.05, 0.1) is 42.7 Å². The number of anilines is 1. The molecule has 0 fully saturated rings. The maximum Gasteiger partial charge on any atom is 0.271 e. The molecule has 1 aliphatic heterocycles. The van der Waals surface area contributed by atoms with Crippen LogP contribution in [0, 0.1) is 0 Å². The number of ether oxygens (including phenoxy) is 3. The molecule has 0 saturated carbocycles. The van der Waals surface area contributed by atoms with Crippen LogP contribution in [0.5, 0.6) is 17.2 Å². The predicted octanol–water partition coefficient (Wildman–Crippen LogP) is 4.29. The third-order valence-electron chi connectivity index (χ3n) is 6.51. The summed E-state index contributed by atoms with van der Waals surface area (Å²) in [5.74, 6) is 1.57. The van der Waals surface area contributed by atoms with E-state index in [2.05, 4.69) is 5.32 Å². The number of carbonyl (C=O) groups is 1. The summed E-state index contributed by atoms with van der Waals surface area (Å²) < 4.78 is 18.5. The first-order valence-electron chi connectivity index (χ1n) is 12.8. The molecular formula is C31H29N3O5S. The Bertz CT molecular complexity index is 1760. The van der Waals surface area contributed by atoms with Crippen molar-refractivity contribution < 1.29 is 19.0 Å². The minimum atomic E-state index is -0.678. The smallest absolute Gasteiger partial charge is 0.271 e. The van der Waals surface area contributed by atoms with Crippen molar-refractivity contribution in [2.75, 3.05) is 26.1 Å². The van der Waals surface area contributed by atoms with Crippen LogP contribution in [0.15, 0.2) is 93.9 Å². The zero-order chi connectivity index (χ0) is 28.2. The van der Waals surface area contributed by atoms with E-state index in [-0.39, 0.29) is 11.5 Å². The molecule has 1 aromatic heterocycles. The number of nitrogens with one attached hydrogen (secondary N) is 1. The number of methoxy groups -OCH3 is 2. The highest BCUT2D eigenvalue weighted by Gasteiger charge is 2.32. The number of rotatable bonds is 8. The van der Waals surface area contributed by atoms with Gasteiger partial charge in [0.2, 0.25) is 0 Å². The van der Waals surface area contributed by atoms with Gasteiger partial charge in [-0.3, -0.25) is 14.2 Å². The number of fused-ring (bicyclic) bond motifs is 1. The number of hydrogen-bond acceptors (Lipinski definition) is 7. The summed E-state index contributed by atoms with van der Waals surface area (Å²) in [7, 11) is 3.17. The molecule has 9 heteroatoms. The van der Waals surface area contributed by atoms with Gasteiger partial charge in [-0.05, 0) is 67.4 Å².